The molecular weight excluding hydrogens is 303 g/mol. The van der Waals surface area contributed by atoms with Crippen LogP contribution in [0.1, 0.15) is 24.5 Å². The van der Waals surface area contributed by atoms with Gasteiger partial charge in [-0.3, -0.25) is 4.98 Å². The highest BCUT2D eigenvalue weighted by Gasteiger charge is 2.24. The van der Waals surface area contributed by atoms with Crippen molar-refractivity contribution in [1.82, 2.24) is 4.98 Å². The largest absolute Gasteiger partial charge is 0.382 e. The van der Waals surface area contributed by atoms with Gasteiger partial charge in [-0.25, -0.2) is 4.39 Å². The molecule has 1 saturated heterocycles. The highest BCUT2D eigenvalue weighted by atomic mass is 19.1. The molecule has 3 nitrogen and oxygen atoms in total. The average Bonchev–Trinajstić information content (AvgIpc) is 2.63. The Morgan fingerprint density at radius 1 is 1.08 bits per heavy atom. The number of ether oxygens (including phenoxy) is 1. The SMILES string of the molecule is Fc1ccc2c(NC3CCOC(c4ccccc4)C3)ccnc2c1. The summed E-state index contributed by atoms with van der Waals surface area (Å²) in [5.74, 6) is -0.262. The van der Waals surface area contributed by atoms with Gasteiger partial charge in [-0.05, 0) is 36.6 Å². The van der Waals surface area contributed by atoms with Crippen molar-refractivity contribution in [3.8, 4) is 0 Å². The number of hydrogen-bond donors (Lipinski definition) is 1. The zero-order valence-electron chi connectivity index (χ0n) is 13.3. The highest BCUT2D eigenvalue weighted by molar-refractivity contribution is 5.91. The van der Waals surface area contributed by atoms with Crippen LogP contribution in [-0.2, 0) is 4.74 Å². The Kier molecular flexibility index (Phi) is 4.13. The Morgan fingerprint density at radius 2 is 1.96 bits per heavy atom. The second kappa shape index (κ2) is 6.57. The van der Waals surface area contributed by atoms with Crippen molar-refractivity contribution < 1.29 is 9.13 Å². The maximum absolute atomic E-state index is 13.4. The molecule has 1 aliphatic rings. The van der Waals surface area contributed by atoms with E-state index in [0.717, 1.165) is 30.5 Å². The normalized spacial score (nSPS) is 20.9. The number of aromatic nitrogens is 1. The molecule has 1 aliphatic heterocycles. The van der Waals surface area contributed by atoms with Crippen molar-refractivity contribution in [2.45, 2.75) is 25.0 Å². The third-order valence-corrected chi connectivity index (χ3v) is 4.52. The van der Waals surface area contributed by atoms with Crippen LogP contribution in [0.5, 0.6) is 0 Å². The van der Waals surface area contributed by atoms with Crippen molar-refractivity contribution in [3.63, 3.8) is 0 Å². The molecule has 2 heterocycles. The molecule has 2 aromatic carbocycles. The van der Waals surface area contributed by atoms with Crippen molar-refractivity contribution in [2.24, 2.45) is 0 Å². The maximum Gasteiger partial charge on any atom is 0.125 e. The third kappa shape index (κ3) is 3.10. The van der Waals surface area contributed by atoms with Crippen LogP contribution >= 0.6 is 0 Å². The van der Waals surface area contributed by atoms with Gasteiger partial charge in [0.25, 0.3) is 0 Å². The summed E-state index contributed by atoms with van der Waals surface area (Å²) in [6.07, 6.45) is 3.70. The number of halogens is 1. The Bertz CT molecular complexity index is 837. The average molecular weight is 322 g/mol. The van der Waals surface area contributed by atoms with Gasteiger partial charge in [-0.1, -0.05) is 30.3 Å². The van der Waals surface area contributed by atoms with Gasteiger partial charge in [0.05, 0.1) is 11.6 Å². The lowest BCUT2D eigenvalue weighted by atomic mass is 9.97. The molecule has 0 radical (unpaired) electrons. The number of nitrogens with zero attached hydrogens (tertiary/aromatic N) is 1. The Balaban J connectivity index is 1.55. The fourth-order valence-corrected chi connectivity index (χ4v) is 3.29. The van der Waals surface area contributed by atoms with E-state index in [-0.39, 0.29) is 11.9 Å². The summed E-state index contributed by atoms with van der Waals surface area (Å²) < 4.78 is 19.3. The van der Waals surface area contributed by atoms with Crippen LogP contribution < -0.4 is 5.32 Å². The molecule has 122 valence electrons. The standard InChI is InChI=1S/C20H19FN2O/c21-15-6-7-17-18(8-10-22-19(17)12-15)23-16-9-11-24-20(13-16)14-4-2-1-3-5-14/h1-8,10,12,16,20H,9,11,13H2,(H,22,23). The molecule has 1 fully saturated rings. The van der Waals surface area contributed by atoms with Crippen LogP contribution in [0, 0.1) is 5.82 Å². The summed E-state index contributed by atoms with van der Waals surface area (Å²) in [4.78, 5) is 4.25. The van der Waals surface area contributed by atoms with Gasteiger partial charge in [0.15, 0.2) is 0 Å². The maximum atomic E-state index is 13.4. The first-order valence-electron chi connectivity index (χ1n) is 8.27. The molecule has 3 aromatic rings. The molecule has 1 N–H and O–H groups in total. The van der Waals surface area contributed by atoms with Gasteiger partial charge in [0, 0.05) is 36.0 Å². The lowest BCUT2D eigenvalue weighted by Gasteiger charge is -2.31. The predicted octanol–water partition coefficient (Wildman–Crippen LogP) is 4.71. The van der Waals surface area contributed by atoms with E-state index in [2.05, 4.69) is 22.4 Å². The zero-order valence-corrected chi connectivity index (χ0v) is 13.3. The summed E-state index contributed by atoms with van der Waals surface area (Å²) in [7, 11) is 0. The molecule has 0 amide bonds. The monoisotopic (exact) mass is 322 g/mol. The van der Waals surface area contributed by atoms with Crippen LogP contribution in [0.4, 0.5) is 10.1 Å². The molecule has 4 rings (SSSR count). The van der Waals surface area contributed by atoms with Crippen LogP contribution in [0.25, 0.3) is 10.9 Å². The fraction of sp³-hybridized carbons (Fsp3) is 0.250. The molecule has 1 aromatic heterocycles. The first kappa shape index (κ1) is 15.1. The van der Waals surface area contributed by atoms with Crippen molar-refractivity contribution in [2.75, 3.05) is 11.9 Å². The predicted molar refractivity (Wildman–Crippen MR) is 93.5 cm³/mol. The number of pyridine rings is 1. The van der Waals surface area contributed by atoms with E-state index in [0.29, 0.717) is 11.6 Å². The molecule has 0 spiro atoms. The summed E-state index contributed by atoms with van der Waals surface area (Å²) in [5.41, 5.74) is 2.89. The van der Waals surface area contributed by atoms with Crippen molar-refractivity contribution in [3.05, 3.63) is 72.2 Å². The first-order valence-corrected chi connectivity index (χ1v) is 8.27. The molecule has 0 bridgehead atoms. The van der Waals surface area contributed by atoms with Crippen LogP contribution in [0.15, 0.2) is 60.8 Å². The number of hydrogen-bond acceptors (Lipinski definition) is 3. The Hall–Kier alpha value is -2.46. The third-order valence-electron chi connectivity index (χ3n) is 4.52. The van der Waals surface area contributed by atoms with Crippen molar-refractivity contribution >= 4 is 16.6 Å². The Labute approximate surface area is 140 Å². The van der Waals surface area contributed by atoms with Crippen LogP contribution in [-0.4, -0.2) is 17.6 Å². The summed E-state index contributed by atoms with van der Waals surface area (Å²) in [5, 5.41) is 4.55. The number of anilines is 1. The second-order valence-corrected chi connectivity index (χ2v) is 6.16. The van der Waals surface area contributed by atoms with E-state index in [1.165, 1.54) is 17.7 Å². The summed E-state index contributed by atoms with van der Waals surface area (Å²) in [6.45, 7) is 0.731. The van der Waals surface area contributed by atoms with E-state index in [9.17, 15) is 4.39 Å². The number of rotatable bonds is 3. The fourth-order valence-electron chi connectivity index (χ4n) is 3.29. The van der Waals surface area contributed by atoms with E-state index in [1.807, 2.05) is 24.3 Å². The van der Waals surface area contributed by atoms with Crippen LogP contribution in [0.3, 0.4) is 0 Å². The topological polar surface area (TPSA) is 34.1 Å². The second-order valence-electron chi connectivity index (χ2n) is 6.16. The van der Waals surface area contributed by atoms with Gasteiger partial charge < -0.3 is 10.1 Å². The minimum Gasteiger partial charge on any atom is -0.382 e. The molecule has 0 saturated carbocycles. The van der Waals surface area contributed by atoms with Gasteiger partial charge in [0.1, 0.15) is 5.82 Å². The van der Waals surface area contributed by atoms with E-state index < -0.39 is 0 Å². The summed E-state index contributed by atoms with van der Waals surface area (Å²) in [6, 6.07) is 17.3. The van der Waals surface area contributed by atoms with Crippen molar-refractivity contribution in [1.29, 1.82) is 0 Å². The number of benzene rings is 2. The Morgan fingerprint density at radius 3 is 2.83 bits per heavy atom. The molecule has 0 aliphatic carbocycles. The molecule has 2 unspecified atom stereocenters. The molecule has 4 heteroatoms. The van der Waals surface area contributed by atoms with Gasteiger partial charge in [-0.2, -0.15) is 0 Å². The first-order chi connectivity index (χ1) is 11.8. The minimum atomic E-state index is -0.262. The number of fused-ring (bicyclic) bond motifs is 1. The lowest BCUT2D eigenvalue weighted by Crippen LogP contribution is -2.30. The smallest absolute Gasteiger partial charge is 0.125 e. The highest BCUT2D eigenvalue weighted by Crippen LogP contribution is 2.31. The van der Waals surface area contributed by atoms with Crippen LogP contribution in [0.2, 0.25) is 0 Å². The minimum absolute atomic E-state index is 0.114. The van der Waals surface area contributed by atoms with E-state index in [4.69, 9.17) is 4.74 Å². The zero-order chi connectivity index (χ0) is 16.4. The van der Waals surface area contributed by atoms with E-state index in [1.54, 1.807) is 12.3 Å². The van der Waals surface area contributed by atoms with E-state index >= 15 is 0 Å². The molecular formula is C20H19FN2O. The van der Waals surface area contributed by atoms with Gasteiger partial charge in [0.2, 0.25) is 0 Å². The summed E-state index contributed by atoms with van der Waals surface area (Å²) >= 11 is 0. The lowest BCUT2D eigenvalue weighted by molar-refractivity contribution is 0.00981. The molecule has 24 heavy (non-hydrogen) atoms. The number of nitrogens with one attached hydrogen (secondary N) is 1. The quantitative estimate of drug-likeness (QED) is 0.758. The molecule has 2 atom stereocenters. The van der Waals surface area contributed by atoms with Gasteiger partial charge in [-0.15, -0.1) is 0 Å². The van der Waals surface area contributed by atoms with Gasteiger partial charge >= 0.3 is 0 Å².